The highest BCUT2D eigenvalue weighted by Gasteiger charge is 2.40. The monoisotopic (exact) mass is 197 g/mol. The first-order valence-corrected chi connectivity index (χ1v) is 4.75. The lowest BCUT2D eigenvalue weighted by atomic mass is 9.98. The molecule has 0 aromatic heterocycles. The fourth-order valence-electron chi connectivity index (χ4n) is 1.43. The van der Waals surface area contributed by atoms with E-state index >= 15 is 0 Å². The van der Waals surface area contributed by atoms with E-state index in [1.165, 1.54) is 0 Å². The summed E-state index contributed by atoms with van der Waals surface area (Å²) in [6, 6.07) is 0. The van der Waals surface area contributed by atoms with Gasteiger partial charge in [-0.05, 0) is 26.4 Å². The molecule has 1 nitrogen and oxygen atoms in total. The van der Waals surface area contributed by atoms with Crippen molar-refractivity contribution in [2.75, 3.05) is 20.1 Å². The average Bonchev–Trinajstić information content (AvgIpc) is 2.06. The van der Waals surface area contributed by atoms with Gasteiger partial charge in [0.05, 0.1) is 5.92 Å². The van der Waals surface area contributed by atoms with Crippen molar-refractivity contribution >= 4 is 0 Å². The lowest BCUT2D eigenvalue weighted by Gasteiger charge is -2.30. The first-order chi connectivity index (χ1) is 6.00. The topological polar surface area (TPSA) is 3.24 Å². The average molecular weight is 197 g/mol. The van der Waals surface area contributed by atoms with Gasteiger partial charge in [-0.25, -0.2) is 0 Å². The minimum atomic E-state index is -3.99. The highest BCUT2D eigenvalue weighted by Crippen LogP contribution is 2.32. The molecule has 0 aliphatic carbocycles. The van der Waals surface area contributed by atoms with Crippen molar-refractivity contribution < 1.29 is 13.2 Å². The third-order valence-electron chi connectivity index (χ3n) is 2.09. The molecule has 1 heterocycles. The maximum Gasteiger partial charge on any atom is 0.393 e. The van der Waals surface area contributed by atoms with Crippen LogP contribution in [0.2, 0.25) is 0 Å². The Hall–Kier alpha value is -0.250. The molecule has 0 spiro atoms. The summed E-state index contributed by atoms with van der Waals surface area (Å²) >= 11 is 0. The van der Waals surface area contributed by atoms with Gasteiger partial charge in [0.15, 0.2) is 0 Å². The maximum absolute atomic E-state index is 12.1. The van der Waals surface area contributed by atoms with E-state index in [1.807, 2.05) is 13.8 Å². The summed E-state index contributed by atoms with van der Waals surface area (Å²) in [6.45, 7) is 4.97. The highest BCUT2D eigenvalue weighted by atomic mass is 19.4. The minimum Gasteiger partial charge on any atom is -0.306 e. The Morgan fingerprint density at radius 3 is 2.08 bits per heavy atom. The summed E-state index contributed by atoms with van der Waals surface area (Å²) in [5, 5.41) is 0. The number of hydrogen-bond donors (Lipinski definition) is 0. The third-order valence-corrected chi connectivity index (χ3v) is 2.09. The molecule has 1 unspecified atom stereocenters. The zero-order valence-corrected chi connectivity index (χ0v) is 8.49. The third kappa shape index (κ3) is 4.50. The van der Waals surface area contributed by atoms with E-state index in [4.69, 9.17) is 0 Å². The highest BCUT2D eigenvalue weighted by molar-refractivity contribution is 4.75. The van der Waals surface area contributed by atoms with Gasteiger partial charge in [-0.15, -0.1) is 0 Å². The van der Waals surface area contributed by atoms with Crippen LogP contribution in [-0.2, 0) is 0 Å². The molecule has 0 bridgehead atoms. The summed E-state index contributed by atoms with van der Waals surface area (Å²) in [4.78, 5) is 1.74. The molecule has 1 fully saturated rings. The zero-order valence-electron chi connectivity index (χ0n) is 8.49. The Bertz CT molecular complexity index is 133. The molecule has 1 aliphatic heterocycles. The van der Waals surface area contributed by atoms with Gasteiger partial charge in [-0.2, -0.15) is 13.2 Å². The van der Waals surface area contributed by atoms with Crippen LogP contribution in [0.1, 0.15) is 26.7 Å². The molecule has 0 N–H and O–H groups in total. The number of likely N-dealkylation sites (tertiary alicyclic amines) is 1. The van der Waals surface area contributed by atoms with Gasteiger partial charge in [-0.1, -0.05) is 13.8 Å². The van der Waals surface area contributed by atoms with Gasteiger partial charge >= 0.3 is 6.18 Å². The quantitative estimate of drug-likeness (QED) is 0.577. The summed E-state index contributed by atoms with van der Waals surface area (Å²) < 4.78 is 36.3. The van der Waals surface area contributed by atoms with Gasteiger partial charge in [-0.3, -0.25) is 0 Å². The first kappa shape index (κ1) is 12.8. The van der Waals surface area contributed by atoms with E-state index in [2.05, 4.69) is 0 Å². The number of piperidine rings is 1. The molecule has 0 aromatic rings. The largest absolute Gasteiger partial charge is 0.393 e. The molecule has 4 heteroatoms. The maximum atomic E-state index is 12.1. The van der Waals surface area contributed by atoms with Crippen LogP contribution in [0.25, 0.3) is 0 Å². The molecular formula is C9H18F3N. The van der Waals surface area contributed by atoms with Gasteiger partial charge in [0.2, 0.25) is 0 Å². The van der Waals surface area contributed by atoms with Crippen LogP contribution in [0.4, 0.5) is 13.2 Å². The molecule has 1 rings (SSSR count). The Balaban J connectivity index is 0.000000671. The Labute approximate surface area is 77.9 Å². The number of alkyl halides is 3. The Kier molecular flexibility index (Phi) is 5.37. The van der Waals surface area contributed by atoms with Crippen molar-refractivity contribution in [1.82, 2.24) is 4.90 Å². The molecule has 0 amide bonds. The van der Waals surface area contributed by atoms with Crippen molar-refractivity contribution in [3.05, 3.63) is 0 Å². The lowest BCUT2D eigenvalue weighted by molar-refractivity contribution is -0.185. The van der Waals surface area contributed by atoms with E-state index in [0.29, 0.717) is 12.8 Å². The number of halogens is 3. The predicted octanol–water partition coefficient (Wildman–Crippen LogP) is 2.92. The number of nitrogens with zero attached hydrogens (tertiary/aromatic N) is 1. The van der Waals surface area contributed by atoms with E-state index in [0.717, 1.165) is 6.54 Å². The normalized spacial score (nSPS) is 24.9. The molecule has 0 radical (unpaired) electrons. The smallest absolute Gasteiger partial charge is 0.306 e. The van der Waals surface area contributed by atoms with Gasteiger partial charge in [0, 0.05) is 6.54 Å². The van der Waals surface area contributed by atoms with Gasteiger partial charge in [0.25, 0.3) is 0 Å². The van der Waals surface area contributed by atoms with Gasteiger partial charge < -0.3 is 4.90 Å². The molecular weight excluding hydrogens is 179 g/mol. The van der Waals surface area contributed by atoms with E-state index in [9.17, 15) is 13.2 Å². The van der Waals surface area contributed by atoms with Crippen LogP contribution in [0, 0.1) is 5.92 Å². The molecule has 0 aromatic carbocycles. The molecule has 1 aliphatic rings. The second kappa shape index (κ2) is 5.47. The van der Waals surface area contributed by atoms with E-state index < -0.39 is 12.1 Å². The van der Waals surface area contributed by atoms with Crippen LogP contribution in [0.3, 0.4) is 0 Å². The van der Waals surface area contributed by atoms with Crippen LogP contribution in [0.15, 0.2) is 0 Å². The fourth-order valence-corrected chi connectivity index (χ4v) is 1.43. The molecule has 0 saturated carbocycles. The lowest BCUT2D eigenvalue weighted by Crippen LogP contribution is -2.39. The van der Waals surface area contributed by atoms with Crippen molar-refractivity contribution in [3.8, 4) is 0 Å². The SMILES string of the molecule is CC.CN1CCCC(C(F)(F)F)C1. The summed E-state index contributed by atoms with van der Waals surface area (Å²) in [5.41, 5.74) is 0. The molecule has 80 valence electrons. The van der Waals surface area contributed by atoms with E-state index in [-0.39, 0.29) is 6.54 Å². The van der Waals surface area contributed by atoms with Crippen molar-refractivity contribution in [3.63, 3.8) is 0 Å². The van der Waals surface area contributed by atoms with Crippen molar-refractivity contribution in [2.24, 2.45) is 5.92 Å². The molecule has 1 atom stereocenters. The second-order valence-corrected chi connectivity index (χ2v) is 3.14. The summed E-state index contributed by atoms with van der Waals surface area (Å²) in [7, 11) is 1.73. The first-order valence-electron chi connectivity index (χ1n) is 4.75. The van der Waals surface area contributed by atoms with Crippen LogP contribution >= 0.6 is 0 Å². The molecule has 13 heavy (non-hydrogen) atoms. The molecule has 1 saturated heterocycles. The summed E-state index contributed by atoms with van der Waals surface area (Å²) in [5.74, 6) is -1.10. The zero-order chi connectivity index (χ0) is 10.5. The Morgan fingerprint density at radius 2 is 1.77 bits per heavy atom. The minimum absolute atomic E-state index is 0.170. The summed E-state index contributed by atoms with van der Waals surface area (Å²) in [6.07, 6.45) is -3.02. The second-order valence-electron chi connectivity index (χ2n) is 3.14. The van der Waals surface area contributed by atoms with Crippen molar-refractivity contribution in [2.45, 2.75) is 32.9 Å². The van der Waals surface area contributed by atoms with Gasteiger partial charge in [0.1, 0.15) is 0 Å². The Morgan fingerprint density at radius 1 is 1.23 bits per heavy atom. The van der Waals surface area contributed by atoms with Crippen LogP contribution in [0.5, 0.6) is 0 Å². The van der Waals surface area contributed by atoms with Crippen LogP contribution < -0.4 is 0 Å². The predicted molar refractivity (Wildman–Crippen MR) is 47.6 cm³/mol. The fraction of sp³-hybridized carbons (Fsp3) is 1.00. The van der Waals surface area contributed by atoms with E-state index in [1.54, 1.807) is 11.9 Å². The standard InChI is InChI=1S/C7H12F3N.C2H6/c1-11-4-2-3-6(5-11)7(8,9)10;1-2/h6H,2-5H2,1H3;1-2H3. The number of rotatable bonds is 0. The van der Waals surface area contributed by atoms with Crippen LogP contribution in [-0.4, -0.2) is 31.2 Å². The number of hydrogen-bond acceptors (Lipinski definition) is 1. The van der Waals surface area contributed by atoms with Crippen molar-refractivity contribution in [1.29, 1.82) is 0 Å².